The van der Waals surface area contributed by atoms with Crippen LogP contribution < -0.4 is 0 Å². The molecule has 2 aromatic rings. The molecule has 0 saturated heterocycles. The first-order valence-corrected chi connectivity index (χ1v) is 6.15. The summed E-state index contributed by atoms with van der Waals surface area (Å²) in [6.07, 6.45) is 2.63. The number of halogens is 1. The number of carbonyl (C=O) groups excluding carboxylic acids is 1. The third-order valence-electron chi connectivity index (χ3n) is 1.63. The average Bonchev–Trinajstić information content (AvgIpc) is 2.96. The van der Waals surface area contributed by atoms with Crippen LogP contribution in [-0.4, -0.2) is 16.1 Å². The Labute approximate surface area is 112 Å². The fourth-order valence-electron chi connectivity index (χ4n) is 0.929. The molecule has 0 aliphatic heterocycles. The van der Waals surface area contributed by atoms with Gasteiger partial charge in [-0.15, -0.1) is 35.1 Å². The van der Waals surface area contributed by atoms with Crippen molar-refractivity contribution >= 4 is 41.2 Å². The van der Waals surface area contributed by atoms with Gasteiger partial charge in [0.1, 0.15) is 13.2 Å². The monoisotopic (exact) mass is 292 g/mol. The van der Waals surface area contributed by atoms with Crippen molar-refractivity contribution in [3.05, 3.63) is 33.2 Å². The van der Waals surface area contributed by atoms with Crippen molar-refractivity contribution in [2.24, 2.45) is 0 Å². The van der Waals surface area contributed by atoms with Crippen LogP contribution in [0.3, 0.4) is 0 Å². The lowest BCUT2D eigenvalue weighted by atomic mass is 10.6. The Morgan fingerprint density at radius 1 is 1.06 bits per heavy atom. The summed E-state index contributed by atoms with van der Waals surface area (Å²) < 4.78 is 9.76. The Bertz CT molecular complexity index is 393. The molecule has 2 aromatic heterocycles. The summed E-state index contributed by atoms with van der Waals surface area (Å²) in [4.78, 5) is 20.7. The Kier molecular flexibility index (Phi) is 5.88. The SMILES string of the molecule is Cl.O=C(OCc1cncs1)OCc1cncs1. The molecule has 0 unspecified atom stereocenters. The van der Waals surface area contributed by atoms with Crippen LogP contribution in [0.15, 0.2) is 23.4 Å². The molecule has 0 fully saturated rings. The van der Waals surface area contributed by atoms with E-state index in [1.54, 1.807) is 23.4 Å². The van der Waals surface area contributed by atoms with E-state index in [9.17, 15) is 4.79 Å². The molecule has 0 aliphatic carbocycles. The van der Waals surface area contributed by atoms with Gasteiger partial charge in [0, 0.05) is 12.4 Å². The number of hydrogen-bond acceptors (Lipinski definition) is 7. The number of hydrogen-bond donors (Lipinski definition) is 0. The molecule has 0 aromatic carbocycles. The molecule has 0 radical (unpaired) electrons. The topological polar surface area (TPSA) is 61.3 Å². The standard InChI is InChI=1S/C9H8N2O3S2.ClH/c12-9(13-3-7-1-10-5-15-7)14-4-8-2-11-6-16-8;/h1-2,5-6H,3-4H2;1H. The van der Waals surface area contributed by atoms with Gasteiger partial charge >= 0.3 is 6.16 Å². The molecule has 0 atom stereocenters. The van der Waals surface area contributed by atoms with Gasteiger partial charge in [0.2, 0.25) is 0 Å². The van der Waals surface area contributed by atoms with E-state index in [0.717, 1.165) is 9.75 Å². The Balaban J connectivity index is 0.00000144. The van der Waals surface area contributed by atoms with Crippen LogP contribution in [0.5, 0.6) is 0 Å². The Morgan fingerprint density at radius 3 is 1.88 bits per heavy atom. The van der Waals surface area contributed by atoms with Crippen molar-refractivity contribution < 1.29 is 14.3 Å². The normalized spacial score (nSPS) is 9.41. The van der Waals surface area contributed by atoms with Crippen LogP contribution in [0.4, 0.5) is 4.79 Å². The molecule has 0 saturated carbocycles. The van der Waals surface area contributed by atoms with Gasteiger partial charge in [-0.3, -0.25) is 9.97 Å². The van der Waals surface area contributed by atoms with Crippen LogP contribution in [0.1, 0.15) is 9.75 Å². The van der Waals surface area contributed by atoms with E-state index in [0.29, 0.717) is 0 Å². The maximum absolute atomic E-state index is 11.2. The van der Waals surface area contributed by atoms with Gasteiger partial charge in [0.25, 0.3) is 0 Å². The smallest absolute Gasteiger partial charge is 0.428 e. The number of thiazole rings is 2. The van der Waals surface area contributed by atoms with Gasteiger partial charge in [-0.1, -0.05) is 0 Å². The van der Waals surface area contributed by atoms with Crippen molar-refractivity contribution in [3.63, 3.8) is 0 Å². The van der Waals surface area contributed by atoms with Gasteiger partial charge in [0.15, 0.2) is 0 Å². The molecule has 8 heteroatoms. The average molecular weight is 293 g/mol. The molecule has 0 amide bonds. The summed E-state index contributed by atoms with van der Waals surface area (Å²) in [5.74, 6) is 0. The summed E-state index contributed by atoms with van der Waals surface area (Å²) in [5.41, 5.74) is 3.36. The Hall–Kier alpha value is -1.18. The number of carbonyl (C=O) groups is 1. The van der Waals surface area contributed by atoms with E-state index in [1.807, 2.05) is 0 Å². The van der Waals surface area contributed by atoms with Gasteiger partial charge in [-0.25, -0.2) is 4.79 Å². The van der Waals surface area contributed by atoms with Crippen LogP contribution in [0.2, 0.25) is 0 Å². The molecule has 17 heavy (non-hydrogen) atoms. The molecular formula is C9H9ClN2O3S2. The number of nitrogens with zero attached hydrogens (tertiary/aromatic N) is 2. The van der Waals surface area contributed by atoms with Gasteiger partial charge in [-0.2, -0.15) is 0 Å². The quantitative estimate of drug-likeness (QED) is 0.811. The molecule has 0 bridgehead atoms. The largest absolute Gasteiger partial charge is 0.508 e. The summed E-state index contributed by atoms with van der Waals surface area (Å²) in [5, 5.41) is 0. The lowest BCUT2D eigenvalue weighted by molar-refractivity contribution is 0.0459. The second-order valence-electron chi connectivity index (χ2n) is 2.76. The van der Waals surface area contributed by atoms with Crippen LogP contribution in [0, 0.1) is 0 Å². The van der Waals surface area contributed by atoms with Crippen molar-refractivity contribution in [3.8, 4) is 0 Å². The zero-order chi connectivity index (χ0) is 11.2. The van der Waals surface area contributed by atoms with Crippen LogP contribution in [0.25, 0.3) is 0 Å². The summed E-state index contributed by atoms with van der Waals surface area (Å²) in [7, 11) is 0. The molecular weight excluding hydrogens is 284 g/mol. The van der Waals surface area contributed by atoms with E-state index in [-0.39, 0.29) is 25.6 Å². The number of rotatable bonds is 4. The van der Waals surface area contributed by atoms with E-state index in [4.69, 9.17) is 9.47 Å². The van der Waals surface area contributed by atoms with Gasteiger partial charge < -0.3 is 9.47 Å². The predicted molar refractivity (Wildman–Crippen MR) is 66.5 cm³/mol. The third-order valence-corrected chi connectivity index (χ3v) is 3.14. The summed E-state index contributed by atoms with van der Waals surface area (Å²) >= 11 is 2.86. The summed E-state index contributed by atoms with van der Waals surface area (Å²) in [6.45, 7) is 0.401. The highest BCUT2D eigenvalue weighted by atomic mass is 35.5. The van der Waals surface area contributed by atoms with E-state index in [2.05, 4.69) is 9.97 Å². The van der Waals surface area contributed by atoms with Crippen molar-refractivity contribution in [1.29, 1.82) is 0 Å². The zero-order valence-electron chi connectivity index (χ0n) is 8.57. The molecule has 5 nitrogen and oxygen atoms in total. The molecule has 0 aliphatic rings. The zero-order valence-corrected chi connectivity index (χ0v) is 11.0. The molecule has 92 valence electrons. The van der Waals surface area contributed by atoms with Gasteiger partial charge in [-0.05, 0) is 0 Å². The number of aromatic nitrogens is 2. The highest BCUT2D eigenvalue weighted by Gasteiger charge is 2.06. The predicted octanol–water partition coefficient (Wildman–Crippen LogP) is 2.87. The van der Waals surface area contributed by atoms with E-state index >= 15 is 0 Å². The summed E-state index contributed by atoms with van der Waals surface area (Å²) in [6, 6.07) is 0. The molecule has 2 heterocycles. The fraction of sp³-hybridized carbons (Fsp3) is 0.222. The maximum atomic E-state index is 11.2. The minimum Gasteiger partial charge on any atom is -0.428 e. The van der Waals surface area contributed by atoms with Gasteiger partial charge in [0.05, 0.1) is 20.8 Å². The van der Waals surface area contributed by atoms with Crippen molar-refractivity contribution in [1.82, 2.24) is 9.97 Å². The second kappa shape index (κ2) is 7.21. The minimum atomic E-state index is -0.679. The lowest BCUT2D eigenvalue weighted by Gasteiger charge is -2.03. The van der Waals surface area contributed by atoms with Crippen LogP contribution >= 0.6 is 35.1 Å². The molecule has 2 rings (SSSR count). The second-order valence-corrected chi connectivity index (χ2v) is 4.70. The highest BCUT2D eigenvalue weighted by Crippen LogP contribution is 2.09. The Morgan fingerprint density at radius 2 is 1.53 bits per heavy atom. The van der Waals surface area contributed by atoms with E-state index in [1.165, 1.54) is 22.7 Å². The third kappa shape index (κ3) is 4.68. The lowest BCUT2D eigenvalue weighted by Crippen LogP contribution is -2.06. The first-order valence-electron chi connectivity index (χ1n) is 4.39. The first kappa shape index (κ1) is 13.9. The number of ether oxygens (including phenoxy) is 2. The van der Waals surface area contributed by atoms with E-state index < -0.39 is 6.16 Å². The van der Waals surface area contributed by atoms with Crippen molar-refractivity contribution in [2.75, 3.05) is 0 Å². The molecule has 0 N–H and O–H groups in total. The van der Waals surface area contributed by atoms with Crippen molar-refractivity contribution in [2.45, 2.75) is 13.2 Å². The van der Waals surface area contributed by atoms with Crippen LogP contribution in [-0.2, 0) is 22.7 Å². The maximum Gasteiger partial charge on any atom is 0.508 e. The molecule has 0 spiro atoms. The minimum absolute atomic E-state index is 0. The highest BCUT2D eigenvalue weighted by molar-refractivity contribution is 7.09. The first-order chi connectivity index (χ1) is 7.84. The fourth-order valence-corrected chi connectivity index (χ4v) is 1.94.